The summed E-state index contributed by atoms with van der Waals surface area (Å²) < 4.78 is 28.9. The van der Waals surface area contributed by atoms with E-state index in [1.54, 1.807) is 6.20 Å². The quantitative estimate of drug-likeness (QED) is 0.787. The van der Waals surface area contributed by atoms with Crippen LogP contribution in [0.4, 0.5) is 13.6 Å². The molecule has 25 heavy (non-hydrogen) atoms. The number of nitrogens with two attached hydrogens (primary N) is 1. The largest absolute Gasteiger partial charge is 0.337 e. The minimum atomic E-state index is -0.639. The maximum atomic E-state index is 13.9. The molecule has 134 valence electrons. The van der Waals surface area contributed by atoms with Gasteiger partial charge in [0.15, 0.2) is 0 Å². The third-order valence-electron chi connectivity index (χ3n) is 4.12. The van der Waals surface area contributed by atoms with Gasteiger partial charge in [-0.2, -0.15) is 0 Å². The van der Waals surface area contributed by atoms with Crippen LogP contribution < -0.4 is 16.4 Å². The lowest BCUT2D eigenvalue weighted by Gasteiger charge is -2.24. The smallest absolute Gasteiger partial charge is 0.315 e. The van der Waals surface area contributed by atoms with E-state index in [0.29, 0.717) is 25.2 Å². The molecule has 4 N–H and O–H groups in total. The summed E-state index contributed by atoms with van der Waals surface area (Å²) >= 11 is 0. The second-order valence-electron chi connectivity index (χ2n) is 6.39. The first-order valence-electron chi connectivity index (χ1n) is 8.24. The van der Waals surface area contributed by atoms with Gasteiger partial charge in [-0.3, -0.25) is 0 Å². The van der Waals surface area contributed by atoms with Crippen molar-refractivity contribution in [1.29, 1.82) is 0 Å². The standard InChI is InChI=1S/C17H21F2N5O/c1-10(20)7-21-17(25)22-12-3-5-16-23-15(9-24(16)8-12)13-4-2-11(18)6-14(13)19/h2,4,6,9-10,12H,3,5,7-8,20H2,1H3,(H2,21,22,25). The Balaban J connectivity index is 1.68. The molecule has 2 aromatic rings. The molecule has 0 fully saturated rings. The van der Waals surface area contributed by atoms with E-state index < -0.39 is 11.6 Å². The van der Waals surface area contributed by atoms with Crippen LogP contribution in [0.5, 0.6) is 0 Å². The molecule has 1 aliphatic heterocycles. The number of carbonyl (C=O) groups excluding carboxylic acids is 1. The molecule has 3 rings (SSSR count). The number of urea groups is 1. The highest BCUT2D eigenvalue weighted by Gasteiger charge is 2.23. The molecule has 1 aromatic carbocycles. The number of nitrogens with one attached hydrogen (secondary N) is 2. The zero-order valence-electron chi connectivity index (χ0n) is 13.9. The summed E-state index contributed by atoms with van der Waals surface area (Å²) in [5.41, 5.74) is 6.34. The normalized spacial score (nSPS) is 17.7. The minimum absolute atomic E-state index is 0.0410. The van der Waals surface area contributed by atoms with Crippen LogP contribution in [0.3, 0.4) is 0 Å². The second kappa shape index (κ2) is 7.18. The van der Waals surface area contributed by atoms with E-state index in [0.717, 1.165) is 18.3 Å². The molecule has 0 spiro atoms. The Labute approximate surface area is 144 Å². The molecule has 2 heterocycles. The summed E-state index contributed by atoms with van der Waals surface area (Å²) in [4.78, 5) is 16.3. The number of amides is 2. The van der Waals surface area contributed by atoms with Crippen molar-refractivity contribution in [3.63, 3.8) is 0 Å². The lowest BCUT2D eigenvalue weighted by Crippen LogP contribution is -2.48. The van der Waals surface area contributed by atoms with Crippen molar-refractivity contribution in [3.05, 3.63) is 41.9 Å². The molecule has 0 saturated heterocycles. The molecular formula is C17H21F2N5O. The summed E-state index contributed by atoms with van der Waals surface area (Å²) in [5.74, 6) is -0.430. The fourth-order valence-electron chi connectivity index (χ4n) is 2.88. The van der Waals surface area contributed by atoms with Crippen LogP contribution in [0.2, 0.25) is 0 Å². The van der Waals surface area contributed by atoms with E-state index >= 15 is 0 Å². The zero-order valence-corrected chi connectivity index (χ0v) is 13.9. The van der Waals surface area contributed by atoms with Crippen LogP contribution in [-0.2, 0) is 13.0 Å². The monoisotopic (exact) mass is 349 g/mol. The Bertz CT molecular complexity index is 774. The maximum Gasteiger partial charge on any atom is 0.315 e. The van der Waals surface area contributed by atoms with Gasteiger partial charge in [0.2, 0.25) is 0 Å². The van der Waals surface area contributed by atoms with Crippen molar-refractivity contribution in [2.45, 2.75) is 38.4 Å². The van der Waals surface area contributed by atoms with Gasteiger partial charge in [-0.05, 0) is 25.5 Å². The number of carbonyl (C=O) groups is 1. The third kappa shape index (κ3) is 4.14. The van der Waals surface area contributed by atoms with Crippen LogP contribution in [0.15, 0.2) is 24.4 Å². The van der Waals surface area contributed by atoms with Gasteiger partial charge in [0.05, 0.1) is 5.69 Å². The molecule has 0 saturated carbocycles. The predicted molar refractivity (Wildman–Crippen MR) is 89.9 cm³/mol. The Kier molecular flexibility index (Phi) is 4.98. The third-order valence-corrected chi connectivity index (χ3v) is 4.12. The molecule has 0 bridgehead atoms. The Morgan fingerprint density at radius 2 is 2.28 bits per heavy atom. The molecule has 2 amide bonds. The minimum Gasteiger partial charge on any atom is -0.337 e. The van der Waals surface area contributed by atoms with Gasteiger partial charge in [-0.1, -0.05) is 0 Å². The molecule has 1 aliphatic rings. The average Bonchev–Trinajstić information content (AvgIpc) is 2.95. The summed E-state index contributed by atoms with van der Waals surface area (Å²) in [6, 6.07) is 3.04. The van der Waals surface area contributed by atoms with E-state index in [9.17, 15) is 13.6 Å². The van der Waals surface area contributed by atoms with Crippen molar-refractivity contribution in [2.75, 3.05) is 6.54 Å². The maximum absolute atomic E-state index is 13.9. The van der Waals surface area contributed by atoms with E-state index in [-0.39, 0.29) is 23.7 Å². The number of halogens is 2. The lowest BCUT2D eigenvalue weighted by atomic mass is 10.1. The number of benzene rings is 1. The highest BCUT2D eigenvalue weighted by atomic mass is 19.1. The van der Waals surface area contributed by atoms with Gasteiger partial charge in [0.25, 0.3) is 0 Å². The number of hydrogen-bond acceptors (Lipinski definition) is 3. The lowest BCUT2D eigenvalue weighted by molar-refractivity contribution is 0.232. The van der Waals surface area contributed by atoms with E-state index in [1.807, 2.05) is 11.5 Å². The average molecular weight is 349 g/mol. The van der Waals surface area contributed by atoms with Crippen molar-refractivity contribution >= 4 is 6.03 Å². The molecule has 8 heteroatoms. The van der Waals surface area contributed by atoms with Crippen LogP contribution >= 0.6 is 0 Å². The van der Waals surface area contributed by atoms with Crippen molar-refractivity contribution in [1.82, 2.24) is 20.2 Å². The number of nitrogens with zero attached hydrogens (tertiary/aromatic N) is 2. The van der Waals surface area contributed by atoms with Crippen molar-refractivity contribution < 1.29 is 13.6 Å². The summed E-state index contributed by atoms with van der Waals surface area (Å²) in [7, 11) is 0. The molecule has 6 nitrogen and oxygen atoms in total. The number of fused-ring (bicyclic) bond motifs is 1. The van der Waals surface area contributed by atoms with Crippen LogP contribution in [0.25, 0.3) is 11.3 Å². The summed E-state index contributed by atoms with van der Waals surface area (Å²) in [5, 5.41) is 5.62. The first-order valence-corrected chi connectivity index (χ1v) is 8.24. The molecule has 0 aliphatic carbocycles. The number of hydrogen-bond donors (Lipinski definition) is 3. The van der Waals surface area contributed by atoms with E-state index in [4.69, 9.17) is 5.73 Å². The second-order valence-corrected chi connectivity index (χ2v) is 6.39. The van der Waals surface area contributed by atoms with E-state index in [2.05, 4.69) is 15.6 Å². The number of rotatable bonds is 4. The number of aromatic nitrogens is 2. The highest BCUT2D eigenvalue weighted by Crippen LogP contribution is 2.25. The van der Waals surface area contributed by atoms with Crippen LogP contribution in [0.1, 0.15) is 19.2 Å². The summed E-state index contributed by atoms with van der Waals surface area (Å²) in [6.07, 6.45) is 3.15. The molecule has 2 unspecified atom stereocenters. The van der Waals surface area contributed by atoms with Gasteiger partial charge in [0, 0.05) is 49.4 Å². The SMILES string of the molecule is CC(N)CNC(=O)NC1CCc2nc(-c3ccc(F)cc3F)cn2C1. The molecule has 1 aromatic heterocycles. The fourth-order valence-corrected chi connectivity index (χ4v) is 2.88. The Morgan fingerprint density at radius 3 is 3.00 bits per heavy atom. The highest BCUT2D eigenvalue weighted by molar-refractivity contribution is 5.74. The summed E-state index contributed by atoms with van der Waals surface area (Å²) in [6.45, 7) is 2.77. The zero-order chi connectivity index (χ0) is 18.0. The fraction of sp³-hybridized carbons (Fsp3) is 0.412. The van der Waals surface area contributed by atoms with Crippen LogP contribution in [-0.4, -0.2) is 34.2 Å². The van der Waals surface area contributed by atoms with Crippen molar-refractivity contribution in [2.24, 2.45) is 5.73 Å². The van der Waals surface area contributed by atoms with Crippen LogP contribution in [0, 0.1) is 11.6 Å². The van der Waals surface area contributed by atoms with E-state index in [1.165, 1.54) is 12.1 Å². The first kappa shape index (κ1) is 17.3. The molecule has 2 atom stereocenters. The van der Waals surface area contributed by atoms with Gasteiger partial charge in [-0.25, -0.2) is 18.6 Å². The molecule has 0 radical (unpaired) electrons. The van der Waals surface area contributed by atoms with Gasteiger partial charge in [0.1, 0.15) is 17.5 Å². The van der Waals surface area contributed by atoms with Gasteiger partial charge < -0.3 is 20.9 Å². The van der Waals surface area contributed by atoms with Gasteiger partial charge in [-0.15, -0.1) is 0 Å². The Hall–Kier alpha value is -2.48. The number of imidazole rings is 1. The molecular weight excluding hydrogens is 328 g/mol. The van der Waals surface area contributed by atoms with Crippen molar-refractivity contribution in [3.8, 4) is 11.3 Å². The topological polar surface area (TPSA) is 85.0 Å². The van der Waals surface area contributed by atoms with Gasteiger partial charge >= 0.3 is 6.03 Å². The first-order chi connectivity index (χ1) is 11.9. The predicted octanol–water partition coefficient (Wildman–Crippen LogP) is 1.79. The number of aryl methyl sites for hydroxylation is 1. The Morgan fingerprint density at radius 1 is 1.48 bits per heavy atom.